The molecule has 1 heterocycles. The molecule has 0 radical (unpaired) electrons. The van der Waals surface area contributed by atoms with Gasteiger partial charge in [-0.25, -0.2) is 0 Å². The monoisotopic (exact) mass is 291 g/mol. The number of rotatable bonds is 5. The van der Waals surface area contributed by atoms with Crippen molar-refractivity contribution in [2.45, 2.75) is 6.42 Å². The molecule has 0 saturated carbocycles. The van der Waals surface area contributed by atoms with E-state index in [4.69, 9.17) is 9.84 Å². The Hall–Kier alpha value is -2.34. The number of thiophene rings is 1. The Bertz CT molecular complexity index is 636. The van der Waals surface area contributed by atoms with Gasteiger partial charge in [-0.05, 0) is 11.6 Å². The quantitative estimate of drug-likeness (QED) is 0.888. The molecule has 2 rings (SSSR count). The highest BCUT2D eigenvalue weighted by Gasteiger charge is 2.13. The van der Waals surface area contributed by atoms with Gasteiger partial charge < -0.3 is 15.2 Å². The Morgan fingerprint density at radius 2 is 2.10 bits per heavy atom. The molecule has 0 aliphatic heterocycles. The summed E-state index contributed by atoms with van der Waals surface area (Å²) >= 11 is 1.27. The summed E-state index contributed by atoms with van der Waals surface area (Å²) in [5, 5.41) is 13.3. The maximum Gasteiger partial charge on any atom is 0.307 e. The van der Waals surface area contributed by atoms with Crippen molar-refractivity contribution in [3.05, 3.63) is 46.2 Å². The molecule has 5 nitrogen and oxygen atoms in total. The number of carboxylic acid groups (broad SMARTS) is 1. The van der Waals surface area contributed by atoms with Crippen molar-refractivity contribution >= 4 is 28.9 Å². The first kappa shape index (κ1) is 14.1. The van der Waals surface area contributed by atoms with Crippen LogP contribution in [0.1, 0.15) is 15.2 Å². The summed E-state index contributed by atoms with van der Waals surface area (Å²) in [5.41, 5.74) is 1.07. The zero-order valence-electron chi connectivity index (χ0n) is 10.8. The summed E-state index contributed by atoms with van der Waals surface area (Å²) in [6.07, 6.45) is -0.135. The second-order valence-corrected chi connectivity index (χ2v) is 4.94. The fourth-order valence-corrected chi connectivity index (χ4v) is 2.44. The molecule has 6 heteroatoms. The molecule has 0 unspecified atom stereocenters. The lowest BCUT2D eigenvalue weighted by molar-refractivity contribution is -0.136. The van der Waals surface area contributed by atoms with Crippen molar-refractivity contribution in [1.82, 2.24) is 0 Å². The van der Waals surface area contributed by atoms with E-state index in [1.165, 1.54) is 18.4 Å². The molecular weight excluding hydrogens is 278 g/mol. The van der Waals surface area contributed by atoms with Crippen LogP contribution in [0.15, 0.2) is 35.7 Å². The number of carbonyl (C=O) groups is 2. The van der Waals surface area contributed by atoms with E-state index < -0.39 is 5.97 Å². The Balaban J connectivity index is 2.17. The van der Waals surface area contributed by atoms with E-state index in [-0.39, 0.29) is 12.3 Å². The highest BCUT2D eigenvalue weighted by atomic mass is 32.1. The number of aliphatic carboxylic acids is 1. The molecule has 0 spiro atoms. The number of amides is 1. The zero-order chi connectivity index (χ0) is 14.5. The molecule has 0 aliphatic rings. The lowest BCUT2D eigenvalue weighted by Gasteiger charge is -2.08. The van der Waals surface area contributed by atoms with Gasteiger partial charge in [-0.15, -0.1) is 11.3 Å². The topological polar surface area (TPSA) is 75.6 Å². The van der Waals surface area contributed by atoms with Gasteiger partial charge in [-0.1, -0.05) is 18.2 Å². The molecule has 1 aromatic carbocycles. The van der Waals surface area contributed by atoms with Gasteiger partial charge in [0, 0.05) is 17.1 Å². The molecule has 2 N–H and O–H groups in total. The molecule has 2 aromatic rings. The molecule has 0 fully saturated rings. The van der Waals surface area contributed by atoms with Crippen molar-refractivity contribution in [3.8, 4) is 5.75 Å². The van der Waals surface area contributed by atoms with E-state index in [2.05, 4.69) is 5.32 Å². The lowest BCUT2D eigenvalue weighted by Crippen LogP contribution is -2.13. The van der Waals surface area contributed by atoms with Crippen molar-refractivity contribution in [3.63, 3.8) is 0 Å². The zero-order valence-corrected chi connectivity index (χ0v) is 11.6. The first-order chi connectivity index (χ1) is 9.60. The maximum absolute atomic E-state index is 12.1. The Morgan fingerprint density at radius 3 is 2.75 bits per heavy atom. The first-order valence-electron chi connectivity index (χ1n) is 5.83. The lowest BCUT2D eigenvalue weighted by atomic mass is 10.1. The number of carboxylic acids is 1. The summed E-state index contributed by atoms with van der Waals surface area (Å²) in [6.45, 7) is 0. The molecular formula is C14H13NO4S. The van der Waals surface area contributed by atoms with E-state index in [9.17, 15) is 9.59 Å². The number of benzene rings is 1. The highest BCUT2D eigenvalue weighted by Crippen LogP contribution is 2.23. The second-order valence-electron chi connectivity index (χ2n) is 4.03. The van der Waals surface area contributed by atoms with Gasteiger partial charge in [0.05, 0.1) is 18.4 Å². The molecule has 0 bridgehead atoms. The van der Waals surface area contributed by atoms with Gasteiger partial charge in [-0.2, -0.15) is 0 Å². The molecule has 1 aromatic heterocycles. The molecule has 1 amide bonds. The van der Waals surface area contributed by atoms with Gasteiger partial charge in [0.1, 0.15) is 5.75 Å². The Labute approximate surface area is 119 Å². The van der Waals surface area contributed by atoms with Gasteiger partial charge in [0.2, 0.25) is 0 Å². The SMILES string of the molecule is COc1csc(C(=O)Nc2ccccc2CC(=O)O)c1. The molecule has 0 aliphatic carbocycles. The smallest absolute Gasteiger partial charge is 0.307 e. The maximum atomic E-state index is 12.1. The van der Waals surface area contributed by atoms with E-state index in [1.807, 2.05) is 0 Å². The number of para-hydroxylation sites is 1. The van der Waals surface area contributed by atoms with Crippen LogP contribution in [0, 0.1) is 0 Å². The molecule has 0 atom stereocenters. The minimum atomic E-state index is -0.940. The third kappa shape index (κ3) is 3.36. The van der Waals surface area contributed by atoms with Crippen LogP contribution < -0.4 is 10.1 Å². The number of carbonyl (C=O) groups excluding carboxylic acids is 1. The molecule has 20 heavy (non-hydrogen) atoms. The minimum Gasteiger partial charge on any atom is -0.496 e. The van der Waals surface area contributed by atoms with Crippen LogP contribution in [-0.4, -0.2) is 24.1 Å². The average Bonchev–Trinajstić information content (AvgIpc) is 2.89. The van der Waals surface area contributed by atoms with E-state index >= 15 is 0 Å². The summed E-state index contributed by atoms with van der Waals surface area (Å²) in [7, 11) is 1.53. The predicted octanol–water partition coefficient (Wildman–Crippen LogP) is 2.64. The normalized spacial score (nSPS) is 10.1. The largest absolute Gasteiger partial charge is 0.496 e. The van der Waals surface area contributed by atoms with Crippen molar-refractivity contribution in [2.75, 3.05) is 12.4 Å². The molecule has 0 saturated heterocycles. The highest BCUT2D eigenvalue weighted by molar-refractivity contribution is 7.12. The summed E-state index contributed by atoms with van der Waals surface area (Å²) in [6, 6.07) is 8.48. The Kier molecular flexibility index (Phi) is 4.37. The van der Waals surface area contributed by atoms with Gasteiger partial charge in [0.15, 0.2) is 0 Å². The fraction of sp³-hybridized carbons (Fsp3) is 0.143. The van der Waals surface area contributed by atoms with Crippen LogP contribution >= 0.6 is 11.3 Å². The summed E-state index contributed by atoms with van der Waals surface area (Å²) in [4.78, 5) is 23.4. The van der Waals surface area contributed by atoms with Crippen molar-refractivity contribution in [2.24, 2.45) is 0 Å². The number of anilines is 1. The number of hydrogen-bond acceptors (Lipinski definition) is 4. The van der Waals surface area contributed by atoms with Crippen LogP contribution in [0.4, 0.5) is 5.69 Å². The van der Waals surface area contributed by atoms with Crippen molar-refractivity contribution < 1.29 is 19.4 Å². The molecule has 104 valence electrons. The number of ether oxygens (including phenoxy) is 1. The Morgan fingerprint density at radius 1 is 1.35 bits per heavy atom. The summed E-state index contributed by atoms with van der Waals surface area (Å²) < 4.78 is 5.02. The van der Waals surface area contributed by atoms with Crippen LogP contribution in [0.5, 0.6) is 5.75 Å². The first-order valence-corrected chi connectivity index (χ1v) is 6.71. The number of hydrogen-bond donors (Lipinski definition) is 2. The fourth-order valence-electron chi connectivity index (χ4n) is 1.69. The van der Waals surface area contributed by atoms with Gasteiger partial charge >= 0.3 is 5.97 Å². The second kappa shape index (κ2) is 6.21. The van der Waals surface area contributed by atoms with Crippen LogP contribution in [0.3, 0.4) is 0 Å². The van der Waals surface area contributed by atoms with Crippen LogP contribution in [-0.2, 0) is 11.2 Å². The third-order valence-corrected chi connectivity index (χ3v) is 3.55. The number of nitrogens with one attached hydrogen (secondary N) is 1. The van der Waals surface area contributed by atoms with Crippen molar-refractivity contribution in [1.29, 1.82) is 0 Å². The van der Waals surface area contributed by atoms with Gasteiger partial charge in [-0.3, -0.25) is 9.59 Å². The minimum absolute atomic E-state index is 0.135. The van der Waals surface area contributed by atoms with Gasteiger partial charge in [0.25, 0.3) is 5.91 Å². The van der Waals surface area contributed by atoms with Crippen LogP contribution in [0.2, 0.25) is 0 Å². The van der Waals surface area contributed by atoms with E-state index in [0.717, 1.165) is 0 Å². The number of methoxy groups -OCH3 is 1. The summed E-state index contributed by atoms with van der Waals surface area (Å²) in [5.74, 6) is -0.598. The third-order valence-electron chi connectivity index (χ3n) is 2.64. The predicted molar refractivity (Wildman–Crippen MR) is 76.6 cm³/mol. The average molecular weight is 291 g/mol. The van der Waals surface area contributed by atoms with Crippen LogP contribution in [0.25, 0.3) is 0 Å². The standard InChI is InChI=1S/C14H13NO4S/c1-19-10-7-12(20-8-10)14(18)15-11-5-3-2-4-9(11)6-13(16)17/h2-5,7-8H,6H2,1H3,(H,15,18)(H,16,17). The van der Waals surface area contributed by atoms with E-state index in [1.54, 1.807) is 35.7 Å². The van der Waals surface area contributed by atoms with E-state index in [0.29, 0.717) is 21.9 Å².